The van der Waals surface area contributed by atoms with Crippen molar-refractivity contribution in [2.24, 2.45) is 0 Å². The van der Waals surface area contributed by atoms with E-state index in [2.05, 4.69) is 9.97 Å². The van der Waals surface area contributed by atoms with Crippen LogP contribution in [0.15, 0.2) is 48.8 Å². The molecule has 1 aromatic carbocycles. The molecule has 0 spiro atoms. The largest absolute Gasteiger partial charge is 0.389 e. The molecule has 3 heteroatoms. The lowest BCUT2D eigenvalue weighted by Gasteiger charge is -2.05. The second kappa shape index (κ2) is 6.07. The molecule has 0 bridgehead atoms. The van der Waals surface area contributed by atoms with Crippen molar-refractivity contribution in [1.29, 1.82) is 0 Å². The molecule has 1 aromatic heterocycles. The highest BCUT2D eigenvalue weighted by atomic mass is 16.3. The molecule has 0 saturated carbocycles. The van der Waals surface area contributed by atoms with Gasteiger partial charge >= 0.3 is 0 Å². The Labute approximate surface area is 107 Å². The number of aryl methyl sites for hydroxylation is 1. The fourth-order valence-corrected chi connectivity index (χ4v) is 1.68. The molecule has 1 atom stereocenters. The first-order valence-corrected chi connectivity index (χ1v) is 5.93. The minimum absolute atomic E-state index is 0.484. The summed E-state index contributed by atoms with van der Waals surface area (Å²) < 4.78 is 0. The molecule has 1 N–H and O–H groups in total. The standard InChI is InChI=1S/C15H16N2O/c1-12-10-16-11-14(17-12)9-15(18)8-7-13-5-3-2-4-6-13/h2-8,10-11,15,18H,9H2,1H3. The summed E-state index contributed by atoms with van der Waals surface area (Å²) in [6, 6.07) is 9.90. The number of aliphatic hydroxyl groups excluding tert-OH is 1. The van der Waals surface area contributed by atoms with Gasteiger partial charge < -0.3 is 5.11 Å². The molecule has 3 nitrogen and oxygen atoms in total. The summed E-state index contributed by atoms with van der Waals surface area (Å²) in [6.45, 7) is 1.89. The van der Waals surface area contributed by atoms with Crippen LogP contribution in [0.2, 0.25) is 0 Å². The number of hydrogen-bond acceptors (Lipinski definition) is 3. The van der Waals surface area contributed by atoms with Gasteiger partial charge in [0.05, 0.1) is 17.5 Å². The van der Waals surface area contributed by atoms with Crippen LogP contribution in [0.1, 0.15) is 17.0 Å². The molecule has 1 unspecified atom stereocenters. The molecule has 2 aromatic rings. The third kappa shape index (κ3) is 3.79. The summed E-state index contributed by atoms with van der Waals surface area (Å²) in [4.78, 5) is 8.37. The molecule has 0 saturated heterocycles. The first kappa shape index (κ1) is 12.5. The van der Waals surface area contributed by atoms with E-state index in [-0.39, 0.29) is 0 Å². The van der Waals surface area contributed by atoms with Crippen molar-refractivity contribution >= 4 is 6.08 Å². The lowest BCUT2D eigenvalue weighted by molar-refractivity contribution is 0.223. The Morgan fingerprint density at radius 2 is 2.00 bits per heavy atom. The zero-order valence-electron chi connectivity index (χ0n) is 10.3. The molecule has 0 aliphatic rings. The molecule has 0 aliphatic heterocycles. The first-order chi connectivity index (χ1) is 8.74. The first-order valence-electron chi connectivity index (χ1n) is 5.93. The van der Waals surface area contributed by atoms with Crippen LogP contribution in [-0.2, 0) is 6.42 Å². The van der Waals surface area contributed by atoms with Gasteiger partial charge in [0, 0.05) is 18.8 Å². The second-order valence-corrected chi connectivity index (χ2v) is 4.19. The van der Waals surface area contributed by atoms with E-state index in [1.807, 2.05) is 43.3 Å². The minimum Gasteiger partial charge on any atom is -0.389 e. The Balaban J connectivity index is 1.97. The van der Waals surface area contributed by atoms with E-state index in [1.54, 1.807) is 18.5 Å². The van der Waals surface area contributed by atoms with Gasteiger partial charge in [-0.15, -0.1) is 0 Å². The summed E-state index contributed by atoms with van der Waals surface area (Å²) in [5.74, 6) is 0. The Morgan fingerprint density at radius 3 is 2.72 bits per heavy atom. The summed E-state index contributed by atoms with van der Waals surface area (Å²) in [5, 5.41) is 9.90. The summed E-state index contributed by atoms with van der Waals surface area (Å²) in [5.41, 5.74) is 2.75. The van der Waals surface area contributed by atoms with Gasteiger partial charge in [-0.3, -0.25) is 9.97 Å². The number of hydrogen-bond donors (Lipinski definition) is 1. The van der Waals surface area contributed by atoms with Gasteiger partial charge in [-0.05, 0) is 12.5 Å². The van der Waals surface area contributed by atoms with Gasteiger partial charge in [-0.25, -0.2) is 0 Å². The smallest absolute Gasteiger partial charge is 0.0780 e. The maximum Gasteiger partial charge on any atom is 0.0780 e. The Kier molecular flexibility index (Phi) is 4.20. The zero-order valence-corrected chi connectivity index (χ0v) is 10.3. The number of nitrogens with zero attached hydrogens (tertiary/aromatic N) is 2. The lowest BCUT2D eigenvalue weighted by atomic mass is 10.1. The van der Waals surface area contributed by atoms with Crippen molar-refractivity contribution in [3.63, 3.8) is 0 Å². The maximum absolute atomic E-state index is 9.90. The van der Waals surface area contributed by atoms with Crippen molar-refractivity contribution in [3.8, 4) is 0 Å². The Bertz CT molecular complexity index is 523. The van der Waals surface area contributed by atoms with Crippen LogP contribution in [0.25, 0.3) is 6.08 Å². The number of aliphatic hydroxyl groups is 1. The number of aromatic nitrogens is 2. The van der Waals surface area contributed by atoms with E-state index in [0.717, 1.165) is 17.0 Å². The Morgan fingerprint density at radius 1 is 1.22 bits per heavy atom. The molecular weight excluding hydrogens is 224 g/mol. The highest BCUT2D eigenvalue weighted by Gasteiger charge is 2.03. The van der Waals surface area contributed by atoms with Crippen molar-refractivity contribution in [2.45, 2.75) is 19.4 Å². The Hall–Kier alpha value is -2.00. The molecule has 0 fully saturated rings. The van der Waals surface area contributed by atoms with Crippen LogP contribution in [0.5, 0.6) is 0 Å². The summed E-state index contributed by atoms with van der Waals surface area (Å²) >= 11 is 0. The molecule has 18 heavy (non-hydrogen) atoms. The van der Waals surface area contributed by atoms with Crippen LogP contribution in [0, 0.1) is 6.92 Å². The molecule has 0 amide bonds. The lowest BCUT2D eigenvalue weighted by Crippen LogP contribution is -2.08. The summed E-state index contributed by atoms with van der Waals surface area (Å²) in [6.07, 6.45) is 7.02. The zero-order chi connectivity index (χ0) is 12.8. The molecule has 1 heterocycles. The SMILES string of the molecule is Cc1cncc(CC(O)C=Cc2ccccc2)n1. The topological polar surface area (TPSA) is 46.0 Å². The van der Waals surface area contributed by atoms with Crippen molar-refractivity contribution in [3.05, 3.63) is 65.8 Å². The molecular formula is C15H16N2O. The number of benzene rings is 1. The van der Waals surface area contributed by atoms with Crippen molar-refractivity contribution in [1.82, 2.24) is 9.97 Å². The average molecular weight is 240 g/mol. The summed E-state index contributed by atoms with van der Waals surface area (Å²) in [7, 11) is 0. The van der Waals surface area contributed by atoms with E-state index >= 15 is 0 Å². The maximum atomic E-state index is 9.90. The van der Waals surface area contributed by atoms with Crippen LogP contribution < -0.4 is 0 Å². The monoisotopic (exact) mass is 240 g/mol. The van der Waals surface area contributed by atoms with E-state index in [0.29, 0.717) is 6.42 Å². The van der Waals surface area contributed by atoms with Gasteiger partial charge in [-0.2, -0.15) is 0 Å². The third-order valence-electron chi connectivity index (χ3n) is 2.53. The number of rotatable bonds is 4. The van der Waals surface area contributed by atoms with Crippen LogP contribution in [-0.4, -0.2) is 21.2 Å². The normalized spacial score (nSPS) is 12.8. The van der Waals surface area contributed by atoms with Gasteiger partial charge in [0.25, 0.3) is 0 Å². The second-order valence-electron chi connectivity index (χ2n) is 4.19. The molecule has 0 radical (unpaired) electrons. The molecule has 92 valence electrons. The van der Waals surface area contributed by atoms with Crippen LogP contribution >= 0.6 is 0 Å². The van der Waals surface area contributed by atoms with E-state index in [9.17, 15) is 5.11 Å². The quantitative estimate of drug-likeness (QED) is 0.892. The highest BCUT2D eigenvalue weighted by molar-refractivity contribution is 5.49. The van der Waals surface area contributed by atoms with Gasteiger partial charge in [0.2, 0.25) is 0 Å². The molecule has 2 rings (SSSR count). The molecule has 0 aliphatic carbocycles. The average Bonchev–Trinajstić information content (AvgIpc) is 2.38. The van der Waals surface area contributed by atoms with Crippen LogP contribution in [0.4, 0.5) is 0 Å². The predicted octanol–water partition coefficient (Wildman–Crippen LogP) is 2.40. The third-order valence-corrected chi connectivity index (χ3v) is 2.53. The highest BCUT2D eigenvalue weighted by Crippen LogP contribution is 2.05. The van der Waals surface area contributed by atoms with Gasteiger partial charge in [0.15, 0.2) is 0 Å². The van der Waals surface area contributed by atoms with E-state index < -0.39 is 6.10 Å². The van der Waals surface area contributed by atoms with Gasteiger partial charge in [-0.1, -0.05) is 42.5 Å². The van der Waals surface area contributed by atoms with Gasteiger partial charge in [0.1, 0.15) is 0 Å². The van der Waals surface area contributed by atoms with Crippen molar-refractivity contribution in [2.75, 3.05) is 0 Å². The minimum atomic E-state index is -0.540. The van der Waals surface area contributed by atoms with Crippen LogP contribution in [0.3, 0.4) is 0 Å². The van der Waals surface area contributed by atoms with Crippen molar-refractivity contribution < 1.29 is 5.11 Å². The fourth-order valence-electron chi connectivity index (χ4n) is 1.68. The van der Waals surface area contributed by atoms with E-state index in [1.165, 1.54) is 0 Å². The predicted molar refractivity (Wildman–Crippen MR) is 72.0 cm³/mol. The van der Waals surface area contributed by atoms with E-state index in [4.69, 9.17) is 0 Å². The fraction of sp³-hybridized carbons (Fsp3) is 0.200.